The lowest BCUT2D eigenvalue weighted by molar-refractivity contribution is -0.385. The number of anilines is 1. The highest BCUT2D eigenvalue weighted by Gasteiger charge is 2.30. The lowest BCUT2D eigenvalue weighted by Gasteiger charge is -2.23. The van der Waals surface area contributed by atoms with Crippen molar-refractivity contribution in [3.63, 3.8) is 0 Å². The van der Waals surface area contributed by atoms with Gasteiger partial charge in [0.25, 0.3) is 5.69 Å². The molecule has 0 bridgehead atoms. The molecule has 0 unspecified atom stereocenters. The first-order valence-corrected chi connectivity index (χ1v) is 7.94. The summed E-state index contributed by atoms with van der Waals surface area (Å²) >= 11 is 0. The Morgan fingerprint density at radius 3 is 2.86 bits per heavy atom. The number of hydrogen-bond donors (Lipinski definition) is 1. The molecule has 1 aromatic rings. The molecule has 118 valence electrons. The van der Waals surface area contributed by atoms with Crippen LogP contribution in [0.4, 0.5) is 11.4 Å². The van der Waals surface area contributed by atoms with Crippen LogP contribution < -0.4 is 10.2 Å². The minimum atomic E-state index is -0.359. The molecule has 0 spiro atoms. The van der Waals surface area contributed by atoms with Crippen LogP contribution in [0.15, 0.2) is 18.2 Å². The van der Waals surface area contributed by atoms with Gasteiger partial charge in [-0.15, -0.1) is 0 Å². The number of rotatable bonds is 4. The largest absolute Gasteiger partial charge is 0.317 e. The topological polar surface area (TPSA) is 75.5 Å². The van der Waals surface area contributed by atoms with Crippen LogP contribution in [-0.2, 0) is 11.2 Å². The summed E-state index contributed by atoms with van der Waals surface area (Å²) < 4.78 is 0. The number of nitrogens with zero attached hydrogens (tertiary/aromatic N) is 2. The highest BCUT2D eigenvalue weighted by molar-refractivity contribution is 5.96. The number of nitro groups is 1. The minimum Gasteiger partial charge on any atom is -0.317 e. The van der Waals surface area contributed by atoms with Crippen LogP contribution in [0, 0.1) is 16.0 Å². The summed E-state index contributed by atoms with van der Waals surface area (Å²) in [5, 5.41) is 14.4. The van der Waals surface area contributed by atoms with Gasteiger partial charge in [-0.05, 0) is 50.8 Å². The summed E-state index contributed by atoms with van der Waals surface area (Å²) in [7, 11) is 0. The summed E-state index contributed by atoms with van der Waals surface area (Å²) in [5.74, 6) is 0.718. The molecule has 1 amide bonds. The predicted molar refractivity (Wildman–Crippen MR) is 84.0 cm³/mol. The Labute approximate surface area is 129 Å². The van der Waals surface area contributed by atoms with Crippen LogP contribution in [0.25, 0.3) is 0 Å². The third kappa shape index (κ3) is 2.97. The zero-order chi connectivity index (χ0) is 15.5. The molecular formula is C16H21N3O3. The van der Waals surface area contributed by atoms with Gasteiger partial charge in [-0.2, -0.15) is 0 Å². The van der Waals surface area contributed by atoms with Gasteiger partial charge in [0.15, 0.2) is 0 Å². The molecule has 2 aliphatic rings. The zero-order valence-corrected chi connectivity index (χ0v) is 12.6. The number of amides is 1. The fraction of sp³-hybridized carbons (Fsp3) is 0.562. The zero-order valence-electron chi connectivity index (χ0n) is 12.6. The van der Waals surface area contributed by atoms with Gasteiger partial charge < -0.3 is 10.2 Å². The molecule has 0 aliphatic carbocycles. The molecule has 2 heterocycles. The van der Waals surface area contributed by atoms with Crippen LogP contribution in [-0.4, -0.2) is 30.5 Å². The molecule has 1 saturated heterocycles. The van der Waals surface area contributed by atoms with Crippen molar-refractivity contribution >= 4 is 17.3 Å². The van der Waals surface area contributed by atoms with E-state index in [1.54, 1.807) is 11.0 Å². The van der Waals surface area contributed by atoms with Gasteiger partial charge in [-0.3, -0.25) is 14.9 Å². The van der Waals surface area contributed by atoms with E-state index in [0.29, 0.717) is 30.9 Å². The molecule has 22 heavy (non-hydrogen) atoms. The van der Waals surface area contributed by atoms with Crippen molar-refractivity contribution < 1.29 is 9.72 Å². The van der Waals surface area contributed by atoms with Crippen molar-refractivity contribution in [1.82, 2.24) is 5.32 Å². The third-order valence-electron chi connectivity index (χ3n) is 4.73. The van der Waals surface area contributed by atoms with E-state index >= 15 is 0 Å². The molecule has 0 atom stereocenters. The van der Waals surface area contributed by atoms with Crippen LogP contribution in [0.1, 0.15) is 31.2 Å². The van der Waals surface area contributed by atoms with Gasteiger partial charge in [-0.1, -0.05) is 6.07 Å². The van der Waals surface area contributed by atoms with Crippen molar-refractivity contribution in [3.8, 4) is 0 Å². The Bertz CT molecular complexity index is 582. The fourth-order valence-electron chi connectivity index (χ4n) is 3.48. The smallest absolute Gasteiger partial charge is 0.274 e. The van der Waals surface area contributed by atoms with Crippen LogP contribution in [0.3, 0.4) is 0 Å². The Morgan fingerprint density at radius 1 is 1.36 bits per heavy atom. The number of nitro benzene ring substituents is 1. The SMILES string of the molecule is O=C(CCC1CCNCC1)N1CCc2c1cccc2[N+](=O)[O-]. The van der Waals surface area contributed by atoms with E-state index in [2.05, 4.69) is 5.32 Å². The van der Waals surface area contributed by atoms with Gasteiger partial charge >= 0.3 is 0 Å². The molecule has 6 heteroatoms. The number of piperidine rings is 1. The molecular weight excluding hydrogens is 282 g/mol. The number of hydrogen-bond acceptors (Lipinski definition) is 4. The van der Waals surface area contributed by atoms with Gasteiger partial charge in [0, 0.05) is 19.0 Å². The second kappa shape index (κ2) is 6.44. The van der Waals surface area contributed by atoms with Crippen molar-refractivity contribution in [1.29, 1.82) is 0 Å². The van der Waals surface area contributed by atoms with E-state index in [0.717, 1.165) is 38.0 Å². The van der Waals surface area contributed by atoms with Crippen molar-refractivity contribution in [2.24, 2.45) is 5.92 Å². The number of fused-ring (bicyclic) bond motifs is 1. The van der Waals surface area contributed by atoms with E-state index in [1.165, 1.54) is 6.07 Å². The first-order chi connectivity index (χ1) is 10.7. The third-order valence-corrected chi connectivity index (χ3v) is 4.73. The summed E-state index contributed by atoms with van der Waals surface area (Å²) in [6, 6.07) is 5.00. The normalized spacial score (nSPS) is 18.3. The highest BCUT2D eigenvalue weighted by atomic mass is 16.6. The summed E-state index contributed by atoms with van der Waals surface area (Å²) in [4.78, 5) is 24.9. The van der Waals surface area contributed by atoms with Gasteiger partial charge in [-0.25, -0.2) is 0 Å². The summed E-state index contributed by atoms with van der Waals surface area (Å²) in [6.07, 6.45) is 4.30. The van der Waals surface area contributed by atoms with Crippen LogP contribution in [0.5, 0.6) is 0 Å². The van der Waals surface area contributed by atoms with Crippen molar-refractivity contribution in [2.75, 3.05) is 24.5 Å². The lowest BCUT2D eigenvalue weighted by Crippen LogP contribution is -2.31. The molecule has 1 N–H and O–H groups in total. The number of carbonyl (C=O) groups is 1. The molecule has 1 aromatic carbocycles. The van der Waals surface area contributed by atoms with Gasteiger partial charge in [0.2, 0.25) is 5.91 Å². The molecule has 0 saturated carbocycles. The van der Waals surface area contributed by atoms with E-state index < -0.39 is 0 Å². The maximum atomic E-state index is 12.5. The second-order valence-corrected chi connectivity index (χ2v) is 6.06. The molecule has 6 nitrogen and oxygen atoms in total. The summed E-state index contributed by atoms with van der Waals surface area (Å²) in [5.41, 5.74) is 1.55. The van der Waals surface area contributed by atoms with E-state index in [1.807, 2.05) is 6.07 Å². The monoisotopic (exact) mass is 303 g/mol. The van der Waals surface area contributed by atoms with Crippen molar-refractivity contribution in [3.05, 3.63) is 33.9 Å². The Kier molecular flexibility index (Phi) is 4.38. The van der Waals surface area contributed by atoms with Gasteiger partial charge in [0.1, 0.15) is 0 Å². The first kappa shape index (κ1) is 15.0. The molecule has 2 aliphatic heterocycles. The van der Waals surface area contributed by atoms with E-state index in [-0.39, 0.29) is 16.5 Å². The number of nitrogens with one attached hydrogen (secondary N) is 1. The molecule has 1 fully saturated rings. The quantitative estimate of drug-likeness (QED) is 0.684. The minimum absolute atomic E-state index is 0.0952. The maximum Gasteiger partial charge on any atom is 0.274 e. The average molecular weight is 303 g/mol. The van der Waals surface area contributed by atoms with E-state index in [4.69, 9.17) is 0 Å². The number of carbonyl (C=O) groups excluding carboxylic acids is 1. The fourth-order valence-corrected chi connectivity index (χ4v) is 3.48. The number of benzene rings is 1. The molecule has 3 rings (SSSR count). The Hall–Kier alpha value is -1.95. The predicted octanol–water partition coefficient (Wildman–Crippen LogP) is 2.26. The van der Waals surface area contributed by atoms with E-state index in [9.17, 15) is 14.9 Å². The first-order valence-electron chi connectivity index (χ1n) is 7.94. The molecule has 0 aromatic heterocycles. The maximum absolute atomic E-state index is 12.5. The summed E-state index contributed by atoms with van der Waals surface area (Å²) in [6.45, 7) is 2.64. The standard InChI is InChI=1S/C16H21N3O3/c20-16(5-4-12-6-9-17-10-7-12)18-11-8-13-14(18)2-1-3-15(13)19(21)22/h1-3,12,17H,4-11H2. The Balaban J connectivity index is 1.66. The van der Waals surface area contributed by atoms with Crippen LogP contribution in [0.2, 0.25) is 0 Å². The average Bonchev–Trinajstić information content (AvgIpc) is 2.97. The highest BCUT2D eigenvalue weighted by Crippen LogP contribution is 2.35. The lowest BCUT2D eigenvalue weighted by atomic mass is 9.93. The van der Waals surface area contributed by atoms with Crippen LogP contribution >= 0.6 is 0 Å². The van der Waals surface area contributed by atoms with Gasteiger partial charge in [0.05, 0.1) is 16.2 Å². The Morgan fingerprint density at radius 2 is 2.14 bits per heavy atom. The molecule has 0 radical (unpaired) electrons. The van der Waals surface area contributed by atoms with Crippen molar-refractivity contribution in [2.45, 2.75) is 32.1 Å². The second-order valence-electron chi connectivity index (χ2n) is 6.06.